The zero-order valence-electron chi connectivity index (χ0n) is 12.1. The molecule has 0 amide bonds. The normalized spacial score (nSPS) is 12.1. The summed E-state index contributed by atoms with van der Waals surface area (Å²) in [5.74, 6) is 0.887. The molecule has 102 valence electrons. The number of nitrogens with zero attached hydrogens (tertiary/aromatic N) is 3. The fraction of sp³-hybridized carbons (Fsp3) is 0.467. The number of fused-ring (bicyclic) bond motifs is 1. The van der Waals surface area contributed by atoms with Crippen LogP contribution in [0.15, 0.2) is 30.5 Å². The summed E-state index contributed by atoms with van der Waals surface area (Å²) in [6.45, 7) is 6.42. The molecule has 0 atom stereocenters. The van der Waals surface area contributed by atoms with Gasteiger partial charge in [0.2, 0.25) is 0 Å². The molecule has 0 bridgehead atoms. The van der Waals surface area contributed by atoms with Gasteiger partial charge in [0.05, 0.1) is 0 Å². The zero-order chi connectivity index (χ0) is 13.9. The first-order valence-corrected chi connectivity index (χ1v) is 6.57. The predicted octanol–water partition coefficient (Wildman–Crippen LogP) is 2.63. The third-order valence-corrected chi connectivity index (χ3v) is 2.96. The van der Waals surface area contributed by atoms with Crippen molar-refractivity contribution in [3.63, 3.8) is 0 Å². The summed E-state index contributed by atoms with van der Waals surface area (Å²) in [7, 11) is 4.19. The van der Waals surface area contributed by atoms with Crippen LogP contribution in [0.5, 0.6) is 0 Å². The van der Waals surface area contributed by atoms with Crippen LogP contribution in [0.3, 0.4) is 0 Å². The van der Waals surface area contributed by atoms with Gasteiger partial charge in [0.15, 0.2) is 5.65 Å². The molecule has 0 fully saturated rings. The van der Waals surface area contributed by atoms with E-state index in [2.05, 4.69) is 54.2 Å². The lowest BCUT2D eigenvalue weighted by Gasteiger charge is -2.28. The van der Waals surface area contributed by atoms with Crippen LogP contribution >= 0.6 is 0 Å². The molecule has 0 radical (unpaired) electrons. The Morgan fingerprint density at radius 3 is 2.74 bits per heavy atom. The van der Waals surface area contributed by atoms with Gasteiger partial charge in [-0.2, -0.15) is 0 Å². The molecule has 2 aromatic heterocycles. The average molecular weight is 258 g/mol. The number of aromatic nitrogens is 2. The van der Waals surface area contributed by atoms with Crippen molar-refractivity contribution in [2.45, 2.75) is 13.8 Å². The highest BCUT2D eigenvalue weighted by atomic mass is 15.1. The van der Waals surface area contributed by atoms with E-state index in [4.69, 9.17) is 0 Å². The average Bonchev–Trinajstić information content (AvgIpc) is 2.35. The van der Waals surface area contributed by atoms with E-state index >= 15 is 0 Å². The van der Waals surface area contributed by atoms with E-state index in [9.17, 15) is 0 Å². The number of anilines is 1. The van der Waals surface area contributed by atoms with Crippen molar-refractivity contribution < 1.29 is 0 Å². The minimum absolute atomic E-state index is 0.199. The van der Waals surface area contributed by atoms with Crippen LogP contribution in [-0.2, 0) is 0 Å². The first-order chi connectivity index (χ1) is 8.96. The van der Waals surface area contributed by atoms with Crippen LogP contribution in [0.2, 0.25) is 0 Å². The molecule has 1 N–H and O–H groups in total. The van der Waals surface area contributed by atoms with E-state index in [1.807, 2.05) is 18.2 Å². The maximum atomic E-state index is 4.52. The third kappa shape index (κ3) is 3.89. The van der Waals surface area contributed by atoms with E-state index in [1.165, 1.54) is 0 Å². The van der Waals surface area contributed by atoms with Gasteiger partial charge in [0, 0.05) is 24.7 Å². The Kier molecular flexibility index (Phi) is 4.00. The number of nitrogens with one attached hydrogen (secondary N) is 1. The molecular weight excluding hydrogens is 236 g/mol. The molecule has 4 heteroatoms. The Bertz CT molecular complexity index is 549. The lowest BCUT2D eigenvalue weighted by atomic mass is 9.93. The smallest absolute Gasteiger partial charge is 0.161 e. The lowest BCUT2D eigenvalue weighted by molar-refractivity contribution is 0.254. The summed E-state index contributed by atoms with van der Waals surface area (Å²) >= 11 is 0. The summed E-state index contributed by atoms with van der Waals surface area (Å²) in [5, 5.41) is 4.47. The molecule has 0 unspecified atom stereocenters. The first kappa shape index (κ1) is 13.7. The van der Waals surface area contributed by atoms with Crippen molar-refractivity contribution in [1.29, 1.82) is 0 Å². The van der Waals surface area contributed by atoms with E-state index in [0.717, 1.165) is 29.9 Å². The minimum atomic E-state index is 0.199. The van der Waals surface area contributed by atoms with Crippen molar-refractivity contribution >= 4 is 16.9 Å². The standard InChI is InChI=1S/C15H22N4/c1-15(2,11-19(3)4)10-17-13-8-7-12-6-5-9-16-14(12)18-13/h5-9H,10-11H2,1-4H3,(H,16,17,18). The van der Waals surface area contributed by atoms with Gasteiger partial charge in [0.25, 0.3) is 0 Å². The maximum Gasteiger partial charge on any atom is 0.161 e. The predicted molar refractivity (Wildman–Crippen MR) is 80.4 cm³/mol. The van der Waals surface area contributed by atoms with Crippen molar-refractivity contribution in [1.82, 2.24) is 14.9 Å². The highest BCUT2D eigenvalue weighted by Crippen LogP contribution is 2.18. The van der Waals surface area contributed by atoms with Crippen molar-refractivity contribution in [3.05, 3.63) is 30.5 Å². The second-order valence-electron chi connectivity index (χ2n) is 6.00. The Morgan fingerprint density at radius 2 is 2.00 bits per heavy atom. The van der Waals surface area contributed by atoms with Crippen molar-refractivity contribution in [2.75, 3.05) is 32.5 Å². The highest BCUT2D eigenvalue weighted by Gasteiger charge is 2.18. The number of rotatable bonds is 5. The first-order valence-electron chi connectivity index (χ1n) is 6.57. The quantitative estimate of drug-likeness (QED) is 0.895. The van der Waals surface area contributed by atoms with E-state index < -0.39 is 0 Å². The van der Waals surface area contributed by atoms with Crippen LogP contribution in [-0.4, -0.2) is 42.1 Å². The van der Waals surface area contributed by atoms with Crippen molar-refractivity contribution in [2.24, 2.45) is 5.41 Å². The molecule has 4 nitrogen and oxygen atoms in total. The van der Waals surface area contributed by atoms with Crippen LogP contribution in [0, 0.1) is 5.41 Å². The SMILES string of the molecule is CN(C)CC(C)(C)CNc1ccc2cccnc2n1. The van der Waals surface area contributed by atoms with Gasteiger partial charge in [-0.1, -0.05) is 13.8 Å². The van der Waals surface area contributed by atoms with Crippen molar-refractivity contribution in [3.8, 4) is 0 Å². The molecule has 2 aromatic rings. The molecule has 0 spiro atoms. The largest absolute Gasteiger partial charge is 0.369 e. The molecule has 2 rings (SSSR count). The summed E-state index contributed by atoms with van der Waals surface area (Å²) in [6.07, 6.45) is 1.77. The number of pyridine rings is 2. The van der Waals surface area contributed by atoms with Gasteiger partial charge < -0.3 is 10.2 Å². The third-order valence-electron chi connectivity index (χ3n) is 2.96. The summed E-state index contributed by atoms with van der Waals surface area (Å²) < 4.78 is 0. The minimum Gasteiger partial charge on any atom is -0.369 e. The highest BCUT2D eigenvalue weighted by molar-refractivity contribution is 5.76. The molecule has 0 saturated carbocycles. The monoisotopic (exact) mass is 258 g/mol. The van der Waals surface area contributed by atoms with Crippen LogP contribution in [0.1, 0.15) is 13.8 Å². The molecule has 0 aliphatic rings. The van der Waals surface area contributed by atoms with Crippen LogP contribution < -0.4 is 5.32 Å². The van der Waals surface area contributed by atoms with Gasteiger partial charge in [-0.15, -0.1) is 0 Å². The van der Waals surface area contributed by atoms with Gasteiger partial charge in [-0.05, 0) is 43.8 Å². The molecule has 0 aliphatic heterocycles. The lowest BCUT2D eigenvalue weighted by Crippen LogP contribution is -2.34. The van der Waals surface area contributed by atoms with Crippen LogP contribution in [0.25, 0.3) is 11.0 Å². The van der Waals surface area contributed by atoms with Gasteiger partial charge in [-0.25, -0.2) is 9.97 Å². The zero-order valence-corrected chi connectivity index (χ0v) is 12.1. The molecule has 19 heavy (non-hydrogen) atoms. The summed E-state index contributed by atoms with van der Waals surface area (Å²) in [6, 6.07) is 8.01. The fourth-order valence-corrected chi connectivity index (χ4v) is 2.29. The Hall–Kier alpha value is -1.68. The molecule has 0 aromatic carbocycles. The number of hydrogen-bond acceptors (Lipinski definition) is 4. The summed E-state index contributed by atoms with van der Waals surface area (Å²) in [4.78, 5) is 11.0. The topological polar surface area (TPSA) is 41.0 Å². The Morgan fingerprint density at radius 1 is 1.21 bits per heavy atom. The second-order valence-corrected chi connectivity index (χ2v) is 6.00. The maximum absolute atomic E-state index is 4.52. The van der Waals surface area contributed by atoms with E-state index in [1.54, 1.807) is 6.20 Å². The van der Waals surface area contributed by atoms with Crippen LogP contribution in [0.4, 0.5) is 5.82 Å². The molecule has 2 heterocycles. The summed E-state index contributed by atoms with van der Waals surface area (Å²) in [5.41, 5.74) is 0.988. The Labute approximate surface area is 114 Å². The molecule has 0 aliphatic carbocycles. The fourth-order valence-electron chi connectivity index (χ4n) is 2.29. The van der Waals surface area contributed by atoms with Gasteiger partial charge in [-0.3, -0.25) is 0 Å². The molecular formula is C15H22N4. The Balaban J connectivity index is 2.05. The molecule has 0 saturated heterocycles. The van der Waals surface area contributed by atoms with Gasteiger partial charge in [0.1, 0.15) is 5.82 Å². The van der Waals surface area contributed by atoms with Gasteiger partial charge >= 0.3 is 0 Å². The second kappa shape index (κ2) is 5.53. The van der Waals surface area contributed by atoms with E-state index in [-0.39, 0.29) is 5.41 Å². The van der Waals surface area contributed by atoms with E-state index in [0.29, 0.717) is 0 Å². The number of hydrogen-bond donors (Lipinski definition) is 1.